The van der Waals surface area contributed by atoms with Gasteiger partial charge in [-0.15, -0.1) is 0 Å². The van der Waals surface area contributed by atoms with Crippen LogP contribution in [0, 0.1) is 5.92 Å². The van der Waals surface area contributed by atoms with Crippen molar-refractivity contribution in [1.82, 2.24) is 20.6 Å². The van der Waals surface area contributed by atoms with Crippen molar-refractivity contribution in [3.63, 3.8) is 0 Å². The Bertz CT molecular complexity index is 836. The zero-order chi connectivity index (χ0) is 23.5. The van der Waals surface area contributed by atoms with Gasteiger partial charge < -0.3 is 19.9 Å². The molecule has 2 rings (SSSR count). The van der Waals surface area contributed by atoms with Gasteiger partial charge in [-0.25, -0.2) is 4.98 Å². The number of nitrogens with zero attached hydrogens (tertiary/aromatic N) is 2. The molecule has 0 unspecified atom stereocenters. The lowest BCUT2D eigenvalue weighted by atomic mass is 9.73. The van der Waals surface area contributed by atoms with Crippen molar-refractivity contribution in [1.29, 1.82) is 0 Å². The molecule has 0 aliphatic heterocycles. The van der Waals surface area contributed by atoms with Gasteiger partial charge in [-0.05, 0) is 31.7 Å². The second-order valence-corrected chi connectivity index (χ2v) is 8.34. The fraction of sp³-hybridized carbons (Fsp3) is 0.478. The summed E-state index contributed by atoms with van der Waals surface area (Å²) in [5.41, 5.74) is 1.07. The Morgan fingerprint density at radius 3 is 2.34 bits per heavy atom. The molecule has 1 aromatic carbocycles. The number of carbonyl (C=O) groups excluding carboxylic acids is 2. The van der Waals surface area contributed by atoms with E-state index in [2.05, 4.69) is 34.4 Å². The highest BCUT2D eigenvalue weighted by atomic mass is 16.6. The fourth-order valence-electron chi connectivity index (χ4n) is 3.32. The van der Waals surface area contributed by atoms with E-state index in [4.69, 9.17) is 9.31 Å². The van der Waals surface area contributed by atoms with Gasteiger partial charge in [0, 0.05) is 32.0 Å². The lowest BCUT2D eigenvalue weighted by molar-refractivity contribution is -0.123. The van der Waals surface area contributed by atoms with Gasteiger partial charge in [-0.1, -0.05) is 44.2 Å². The molecule has 0 saturated heterocycles. The van der Waals surface area contributed by atoms with Gasteiger partial charge in [0.1, 0.15) is 11.7 Å². The normalized spacial score (nSPS) is 13.0. The van der Waals surface area contributed by atoms with Crippen LogP contribution in [0.5, 0.6) is 0 Å². The third-order valence-corrected chi connectivity index (χ3v) is 4.72. The average molecular weight is 440 g/mol. The lowest BCUT2D eigenvalue weighted by Crippen LogP contribution is -2.56. The molecule has 0 aliphatic carbocycles. The van der Waals surface area contributed by atoms with Crippen LogP contribution in [-0.4, -0.2) is 54.1 Å². The van der Waals surface area contributed by atoms with Crippen molar-refractivity contribution in [2.45, 2.75) is 58.6 Å². The summed E-state index contributed by atoms with van der Waals surface area (Å²) in [6.07, 6.45) is 5.21. The molecule has 2 N–H and O–H groups in total. The molecule has 0 saturated carbocycles. The molecule has 172 valence electrons. The number of aromatic nitrogens is 2. The molecule has 0 radical (unpaired) electrons. The van der Waals surface area contributed by atoms with Crippen LogP contribution < -0.4 is 10.6 Å². The summed E-state index contributed by atoms with van der Waals surface area (Å²) >= 11 is 0. The summed E-state index contributed by atoms with van der Waals surface area (Å²) in [5, 5.41) is 5.85. The highest BCUT2D eigenvalue weighted by Crippen LogP contribution is 2.12. The Hall–Kier alpha value is -2.78. The first kappa shape index (κ1) is 25.5. The smallest absolute Gasteiger partial charge is 0.413 e. The van der Waals surface area contributed by atoms with E-state index >= 15 is 0 Å². The Kier molecular flexibility index (Phi) is 10.3. The van der Waals surface area contributed by atoms with E-state index in [1.54, 1.807) is 7.11 Å². The van der Waals surface area contributed by atoms with Gasteiger partial charge in [0.15, 0.2) is 0 Å². The Labute approximate surface area is 190 Å². The molecule has 0 spiro atoms. The summed E-state index contributed by atoms with van der Waals surface area (Å²) in [7, 11) is 0.957. The molecule has 0 aliphatic rings. The van der Waals surface area contributed by atoms with Gasteiger partial charge in [0.25, 0.3) is 5.91 Å². The minimum atomic E-state index is -0.807. The van der Waals surface area contributed by atoms with Crippen LogP contribution in [0.2, 0.25) is 0 Å². The third-order valence-electron chi connectivity index (χ3n) is 4.72. The molecule has 2 atom stereocenters. The molecule has 9 heteroatoms. The summed E-state index contributed by atoms with van der Waals surface area (Å²) in [6, 6.07) is 8.72. The summed E-state index contributed by atoms with van der Waals surface area (Å²) in [6.45, 7) is 7.97. The number of hydrogen-bond donors (Lipinski definition) is 2. The second-order valence-electron chi connectivity index (χ2n) is 8.34. The van der Waals surface area contributed by atoms with Gasteiger partial charge in [0.05, 0.1) is 12.1 Å². The maximum Gasteiger partial charge on any atom is 0.480 e. The standard InChI is InChI=1S/C23H33BN4O4/c1-16(2)13-21(24(31-5)32-17(3)4)28-22(29)19(14-18-9-7-6-8-10-18)27-23(30)20-15-25-11-12-26-20/h6-12,15-17,19,21H,13-14H2,1-5H3,(H,27,30)(H,28,29)/t19-,21-/m0/s1. The van der Waals surface area contributed by atoms with Crippen molar-refractivity contribution in [3.8, 4) is 0 Å². The number of hydrogen-bond acceptors (Lipinski definition) is 6. The monoisotopic (exact) mass is 440 g/mol. The first-order valence-electron chi connectivity index (χ1n) is 10.9. The van der Waals surface area contributed by atoms with Crippen LogP contribution in [-0.2, 0) is 20.5 Å². The van der Waals surface area contributed by atoms with Crippen LogP contribution in [0.4, 0.5) is 0 Å². The van der Waals surface area contributed by atoms with Gasteiger partial charge in [-0.2, -0.15) is 0 Å². The van der Waals surface area contributed by atoms with Crippen molar-refractivity contribution < 1.29 is 18.9 Å². The molecular formula is C23H33BN4O4. The molecule has 0 bridgehead atoms. The number of amides is 2. The second kappa shape index (κ2) is 12.9. The van der Waals surface area contributed by atoms with E-state index < -0.39 is 19.1 Å². The zero-order valence-corrected chi connectivity index (χ0v) is 19.4. The zero-order valence-electron chi connectivity index (χ0n) is 19.4. The highest BCUT2D eigenvalue weighted by Gasteiger charge is 2.34. The highest BCUT2D eigenvalue weighted by molar-refractivity contribution is 6.47. The minimum absolute atomic E-state index is 0.0667. The molecule has 32 heavy (non-hydrogen) atoms. The SMILES string of the molecule is COB(OC(C)C)[C@H](CC(C)C)NC(=O)[C@H](Cc1ccccc1)NC(=O)c1cnccn1. The largest absolute Gasteiger partial charge is 0.480 e. The lowest BCUT2D eigenvalue weighted by Gasteiger charge is -2.28. The van der Waals surface area contributed by atoms with Crippen LogP contribution >= 0.6 is 0 Å². The van der Waals surface area contributed by atoms with Crippen LogP contribution in [0.3, 0.4) is 0 Å². The number of carbonyl (C=O) groups is 2. The van der Waals surface area contributed by atoms with Crippen LogP contribution in [0.15, 0.2) is 48.9 Å². The van der Waals surface area contributed by atoms with Crippen molar-refractivity contribution in [2.24, 2.45) is 5.92 Å². The maximum atomic E-state index is 13.3. The molecule has 2 aromatic rings. The summed E-state index contributed by atoms with van der Waals surface area (Å²) in [4.78, 5) is 34.0. The molecule has 2 amide bonds. The molecule has 8 nitrogen and oxygen atoms in total. The van der Waals surface area contributed by atoms with E-state index in [-0.39, 0.29) is 23.6 Å². The predicted molar refractivity (Wildman–Crippen MR) is 124 cm³/mol. The Balaban J connectivity index is 2.22. The number of rotatable bonds is 12. The molecular weight excluding hydrogens is 407 g/mol. The molecule has 0 fully saturated rings. The first-order valence-corrected chi connectivity index (χ1v) is 10.9. The topological polar surface area (TPSA) is 102 Å². The van der Waals surface area contributed by atoms with Crippen molar-refractivity contribution in [3.05, 3.63) is 60.2 Å². The summed E-state index contributed by atoms with van der Waals surface area (Å²) < 4.78 is 11.4. The molecule has 1 aromatic heterocycles. The van der Waals surface area contributed by atoms with E-state index in [0.29, 0.717) is 18.8 Å². The first-order chi connectivity index (χ1) is 15.3. The summed E-state index contributed by atoms with van der Waals surface area (Å²) in [5.74, 6) is -0.848. The van der Waals surface area contributed by atoms with Crippen molar-refractivity contribution >= 4 is 18.9 Å². The number of nitrogens with one attached hydrogen (secondary N) is 2. The average Bonchev–Trinajstić information content (AvgIpc) is 2.77. The Morgan fingerprint density at radius 2 is 1.78 bits per heavy atom. The minimum Gasteiger partial charge on any atom is -0.413 e. The van der Waals surface area contributed by atoms with E-state index in [9.17, 15) is 9.59 Å². The van der Waals surface area contributed by atoms with Crippen LogP contribution in [0.1, 0.15) is 50.2 Å². The predicted octanol–water partition coefficient (Wildman–Crippen LogP) is 2.45. The van der Waals surface area contributed by atoms with Gasteiger partial charge in [-0.3, -0.25) is 14.6 Å². The van der Waals surface area contributed by atoms with Crippen LogP contribution in [0.25, 0.3) is 0 Å². The van der Waals surface area contributed by atoms with Gasteiger partial charge >= 0.3 is 7.12 Å². The fourth-order valence-corrected chi connectivity index (χ4v) is 3.32. The van der Waals surface area contributed by atoms with Gasteiger partial charge in [0.2, 0.25) is 5.91 Å². The quantitative estimate of drug-likeness (QED) is 0.492. The van der Waals surface area contributed by atoms with E-state index in [0.717, 1.165) is 5.56 Å². The third kappa shape index (κ3) is 8.40. The van der Waals surface area contributed by atoms with Crippen molar-refractivity contribution in [2.75, 3.05) is 7.11 Å². The van der Waals surface area contributed by atoms with E-state index in [1.807, 2.05) is 44.2 Å². The number of benzene rings is 1. The van der Waals surface area contributed by atoms with E-state index in [1.165, 1.54) is 18.6 Å². The molecule has 1 heterocycles. The maximum absolute atomic E-state index is 13.3. The Morgan fingerprint density at radius 1 is 1.06 bits per heavy atom.